The minimum atomic E-state index is -0.301. The number of para-hydroxylation sites is 1. The largest absolute Gasteiger partial charge is 0.492 e. The second-order valence-electron chi connectivity index (χ2n) is 5.75. The highest BCUT2D eigenvalue weighted by Crippen LogP contribution is 2.17. The van der Waals surface area contributed by atoms with Gasteiger partial charge in [-0.25, -0.2) is 0 Å². The van der Waals surface area contributed by atoms with E-state index < -0.39 is 0 Å². The van der Waals surface area contributed by atoms with Crippen LogP contribution in [0.2, 0.25) is 0 Å². The van der Waals surface area contributed by atoms with Crippen LogP contribution in [0.5, 0.6) is 5.75 Å². The van der Waals surface area contributed by atoms with Crippen molar-refractivity contribution >= 4 is 11.9 Å². The van der Waals surface area contributed by atoms with Crippen LogP contribution in [0, 0.1) is 0 Å². The molecule has 132 valence electrons. The zero-order valence-electron chi connectivity index (χ0n) is 14.2. The molecule has 0 unspecified atom stereocenters. The van der Waals surface area contributed by atoms with Gasteiger partial charge in [-0.05, 0) is 38.4 Å². The summed E-state index contributed by atoms with van der Waals surface area (Å²) in [5.41, 5.74) is 0. The molecule has 0 saturated carbocycles. The molecule has 24 heavy (non-hydrogen) atoms. The van der Waals surface area contributed by atoms with Gasteiger partial charge in [-0.2, -0.15) is 0 Å². The summed E-state index contributed by atoms with van der Waals surface area (Å²) in [6.07, 6.45) is 2.75. The van der Waals surface area contributed by atoms with E-state index in [9.17, 15) is 9.59 Å². The highest BCUT2D eigenvalue weighted by Gasteiger charge is 2.30. The maximum atomic E-state index is 12.1. The molecule has 1 aromatic rings. The number of hydrogen-bond donors (Lipinski definition) is 1. The molecule has 1 aromatic carbocycles. The van der Waals surface area contributed by atoms with Crippen molar-refractivity contribution in [2.45, 2.75) is 32.2 Å². The Kier molecular flexibility index (Phi) is 7.55. The lowest BCUT2D eigenvalue weighted by Gasteiger charge is -2.33. The molecule has 1 N–H and O–H groups in total. The molecule has 1 heterocycles. The Bertz CT molecular complexity index is 521. The van der Waals surface area contributed by atoms with Crippen LogP contribution in [-0.2, 0) is 14.3 Å². The average molecular weight is 334 g/mol. The van der Waals surface area contributed by atoms with Crippen LogP contribution in [0.1, 0.15) is 26.2 Å². The monoisotopic (exact) mass is 334 g/mol. The maximum Gasteiger partial charge on any atom is 0.323 e. The topological polar surface area (TPSA) is 67.9 Å². The summed E-state index contributed by atoms with van der Waals surface area (Å²) >= 11 is 0. The van der Waals surface area contributed by atoms with Crippen molar-refractivity contribution < 1.29 is 19.1 Å². The number of rotatable bonds is 8. The molecule has 6 heteroatoms. The van der Waals surface area contributed by atoms with Crippen LogP contribution < -0.4 is 10.1 Å². The minimum absolute atomic E-state index is 0.0946. The van der Waals surface area contributed by atoms with Gasteiger partial charge in [-0.3, -0.25) is 14.5 Å². The summed E-state index contributed by atoms with van der Waals surface area (Å²) < 4.78 is 10.6. The van der Waals surface area contributed by atoms with Crippen molar-refractivity contribution in [2.75, 3.05) is 32.8 Å². The van der Waals surface area contributed by atoms with E-state index in [1.165, 1.54) is 0 Å². The molecule has 0 spiro atoms. The van der Waals surface area contributed by atoms with E-state index >= 15 is 0 Å². The van der Waals surface area contributed by atoms with Crippen LogP contribution in [0.4, 0.5) is 0 Å². The number of ether oxygens (including phenoxy) is 2. The molecule has 1 aliphatic heterocycles. The van der Waals surface area contributed by atoms with Gasteiger partial charge in [0.15, 0.2) is 0 Å². The van der Waals surface area contributed by atoms with E-state index in [0.717, 1.165) is 31.6 Å². The van der Waals surface area contributed by atoms with Gasteiger partial charge in [0.25, 0.3) is 0 Å². The third-order valence-corrected chi connectivity index (χ3v) is 3.96. The number of benzene rings is 1. The summed E-state index contributed by atoms with van der Waals surface area (Å²) in [6, 6.07) is 9.18. The molecule has 6 nitrogen and oxygen atoms in total. The fourth-order valence-corrected chi connectivity index (χ4v) is 2.80. The molecule has 0 aromatic heterocycles. The van der Waals surface area contributed by atoms with Crippen LogP contribution >= 0.6 is 0 Å². The van der Waals surface area contributed by atoms with Crippen molar-refractivity contribution in [1.29, 1.82) is 0 Å². The lowest BCUT2D eigenvalue weighted by molar-refractivity contribution is -0.151. The maximum absolute atomic E-state index is 12.1. The van der Waals surface area contributed by atoms with Gasteiger partial charge in [-0.1, -0.05) is 24.6 Å². The first-order valence-electron chi connectivity index (χ1n) is 8.56. The number of carbonyl (C=O) groups excluding carboxylic acids is 2. The summed E-state index contributed by atoms with van der Waals surface area (Å²) in [6.45, 7) is 3.98. The van der Waals surface area contributed by atoms with E-state index in [1.54, 1.807) is 6.92 Å². The van der Waals surface area contributed by atoms with Gasteiger partial charge < -0.3 is 14.8 Å². The first kappa shape index (κ1) is 18.3. The van der Waals surface area contributed by atoms with Crippen molar-refractivity contribution in [1.82, 2.24) is 10.2 Å². The number of carbonyl (C=O) groups is 2. The molecule has 0 bridgehead atoms. The summed E-state index contributed by atoms with van der Waals surface area (Å²) in [5, 5.41) is 2.83. The molecule has 1 amide bonds. The van der Waals surface area contributed by atoms with Crippen molar-refractivity contribution in [3.8, 4) is 5.75 Å². The zero-order chi connectivity index (χ0) is 17.2. The van der Waals surface area contributed by atoms with Gasteiger partial charge in [0.1, 0.15) is 18.4 Å². The normalized spacial score (nSPS) is 18.0. The Morgan fingerprint density at radius 3 is 2.79 bits per heavy atom. The van der Waals surface area contributed by atoms with Gasteiger partial charge in [0, 0.05) is 0 Å². The van der Waals surface area contributed by atoms with Crippen LogP contribution in [0.3, 0.4) is 0 Å². The summed E-state index contributed by atoms with van der Waals surface area (Å²) in [4.78, 5) is 26.0. The van der Waals surface area contributed by atoms with Crippen LogP contribution in [-0.4, -0.2) is 55.7 Å². The SMILES string of the molecule is CCOC(=O)[C@H]1CCCCN1CC(=O)NCCOc1ccccc1. The second-order valence-corrected chi connectivity index (χ2v) is 5.75. The fraction of sp³-hybridized carbons (Fsp3) is 0.556. The zero-order valence-corrected chi connectivity index (χ0v) is 14.2. The molecule has 0 aliphatic carbocycles. The van der Waals surface area contributed by atoms with Gasteiger partial charge in [0.2, 0.25) is 5.91 Å². The molecule has 1 atom stereocenters. The third kappa shape index (κ3) is 5.85. The molecule has 1 aliphatic rings. The molecule has 0 radical (unpaired) electrons. The lowest BCUT2D eigenvalue weighted by atomic mass is 10.0. The Morgan fingerprint density at radius 1 is 1.25 bits per heavy atom. The number of nitrogens with one attached hydrogen (secondary N) is 1. The van der Waals surface area contributed by atoms with E-state index in [0.29, 0.717) is 19.8 Å². The standard InChI is InChI=1S/C18H26N2O4/c1-2-23-18(22)16-10-6-7-12-20(16)14-17(21)19-11-13-24-15-8-4-3-5-9-15/h3-5,8-9,16H,2,6-7,10-14H2,1H3,(H,19,21)/t16-/m1/s1. The first-order valence-corrected chi connectivity index (χ1v) is 8.56. The van der Waals surface area contributed by atoms with Gasteiger partial charge in [0.05, 0.1) is 19.7 Å². The summed E-state index contributed by atoms with van der Waals surface area (Å²) in [5.74, 6) is 0.463. The van der Waals surface area contributed by atoms with Crippen molar-refractivity contribution in [2.24, 2.45) is 0 Å². The minimum Gasteiger partial charge on any atom is -0.492 e. The van der Waals surface area contributed by atoms with Gasteiger partial charge >= 0.3 is 5.97 Å². The number of esters is 1. The second kappa shape index (κ2) is 9.93. The van der Waals surface area contributed by atoms with Crippen molar-refractivity contribution in [3.05, 3.63) is 30.3 Å². The molecule has 1 saturated heterocycles. The smallest absolute Gasteiger partial charge is 0.323 e. The first-order chi connectivity index (χ1) is 11.7. The number of hydrogen-bond acceptors (Lipinski definition) is 5. The highest BCUT2D eigenvalue weighted by molar-refractivity contribution is 5.80. The van der Waals surface area contributed by atoms with E-state index in [1.807, 2.05) is 35.2 Å². The average Bonchev–Trinajstić information content (AvgIpc) is 2.60. The lowest BCUT2D eigenvalue weighted by Crippen LogP contribution is -2.49. The Labute approximate surface area is 143 Å². The Hall–Kier alpha value is -2.08. The number of nitrogens with zero attached hydrogens (tertiary/aromatic N) is 1. The Balaban J connectivity index is 1.71. The van der Waals surface area contributed by atoms with Crippen LogP contribution in [0.25, 0.3) is 0 Å². The molecular formula is C18H26N2O4. The molecule has 2 rings (SSSR count). The summed E-state index contributed by atoms with van der Waals surface area (Å²) in [7, 11) is 0. The number of likely N-dealkylation sites (tertiary alicyclic amines) is 1. The number of amides is 1. The highest BCUT2D eigenvalue weighted by atomic mass is 16.5. The third-order valence-electron chi connectivity index (χ3n) is 3.96. The van der Waals surface area contributed by atoms with E-state index in [4.69, 9.17) is 9.47 Å². The van der Waals surface area contributed by atoms with Crippen molar-refractivity contribution in [3.63, 3.8) is 0 Å². The Morgan fingerprint density at radius 2 is 2.04 bits per heavy atom. The predicted molar refractivity (Wildman–Crippen MR) is 90.8 cm³/mol. The molecule has 1 fully saturated rings. The van der Waals surface area contributed by atoms with Crippen LogP contribution in [0.15, 0.2) is 30.3 Å². The van der Waals surface area contributed by atoms with E-state index in [2.05, 4.69) is 5.32 Å². The van der Waals surface area contributed by atoms with E-state index in [-0.39, 0.29) is 24.5 Å². The number of piperidine rings is 1. The molecular weight excluding hydrogens is 308 g/mol. The quantitative estimate of drug-likeness (QED) is 0.578. The van der Waals surface area contributed by atoms with Gasteiger partial charge in [-0.15, -0.1) is 0 Å². The fourth-order valence-electron chi connectivity index (χ4n) is 2.80. The predicted octanol–water partition coefficient (Wildman–Crippen LogP) is 1.60.